The van der Waals surface area contributed by atoms with Gasteiger partial charge in [-0.1, -0.05) is 125 Å². The lowest BCUT2D eigenvalue weighted by Gasteiger charge is -2.22. The van der Waals surface area contributed by atoms with Crippen molar-refractivity contribution in [3.05, 3.63) is 132 Å². The van der Waals surface area contributed by atoms with E-state index in [1.807, 2.05) is 6.20 Å². The van der Waals surface area contributed by atoms with E-state index in [0.717, 1.165) is 17.5 Å². The highest BCUT2D eigenvalue weighted by Gasteiger charge is 2.19. The number of rotatable bonds is 8. The van der Waals surface area contributed by atoms with Crippen LogP contribution in [0.3, 0.4) is 0 Å². The molecule has 0 N–H and O–H groups in total. The van der Waals surface area contributed by atoms with Crippen LogP contribution in [0.25, 0.3) is 17.1 Å². The number of para-hydroxylation sites is 1. The summed E-state index contributed by atoms with van der Waals surface area (Å²) in [5, 5.41) is 2.81. The number of hydrogen-bond donors (Lipinski definition) is 0. The average molecular weight is 503 g/mol. The molecule has 0 aliphatic heterocycles. The van der Waals surface area contributed by atoms with Gasteiger partial charge in [0.25, 0.3) is 0 Å². The Kier molecular flexibility index (Phi) is 7.68. The number of hydrogen-bond acceptors (Lipinski definition) is 1. The molecule has 3 heteroatoms. The van der Waals surface area contributed by atoms with E-state index >= 15 is 0 Å². The molecule has 0 saturated heterocycles. The zero-order valence-corrected chi connectivity index (χ0v) is 23.1. The first-order valence-corrected chi connectivity index (χ1v) is 14.7. The monoisotopic (exact) mass is 502 g/mol. The van der Waals surface area contributed by atoms with E-state index in [0.29, 0.717) is 11.8 Å². The summed E-state index contributed by atoms with van der Waals surface area (Å²) in [6.07, 6.45) is 5.05. The molecule has 0 saturated carbocycles. The summed E-state index contributed by atoms with van der Waals surface area (Å²) in [4.78, 5) is 4.87. The van der Waals surface area contributed by atoms with Crippen molar-refractivity contribution < 1.29 is 0 Å². The minimum absolute atomic E-state index is 0.426. The van der Waals surface area contributed by atoms with Crippen LogP contribution >= 0.6 is 7.92 Å². The molecule has 2 nitrogen and oxygen atoms in total. The molecule has 37 heavy (non-hydrogen) atoms. The molecule has 0 fully saturated rings. The summed E-state index contributed by atoms with van der Waals surface area (Å²) in [5.41, 5.74) is 6.50. The molecule has 0 aliphatic rings. The first-order valence-electron chi connectivity index (χ1n) is 13.2. The molecular weight excluding hydrogens is 467 g/mol. The van der Waals surface area contributed by atoms with Gasteiger partial charge in [-0.2, -0.15) is 0 Å². The SMILES string of the molecule is CC(C)c1cccc(C(C)C)c1-n1ccnc1-c1cccc(CP(c2ccccc2)c2ccccc2)c1. The third kappa shape index (κ3) is 5.45. The van der Waals surface area contributed by atoms with Gasteiger partial charge in [-0.25, -0.2) is 4.98 Å². The van der Waals surface area contributed by atoms with E-state index in [4.69, 9.17) is 4.98 Å². The molecule has 0 aliphatic carbocycles. The lowest BCUT2D eigenvalue weighted by molar-refractivity contribution is 0.806. The van der Waals surface area contributed by atoms with E-state index < -0.39 is 7.92 Å². The Morgan fingerprint density at radius 1 is 0.676 bits per heavy atom. The molecule has 0 bridgehead atoms. The van der Waals surface area contributed by atoms with Crippen LogP contribution in [0, 0.1) is 0 Å². The normalized spacial score (nSPS) is 11.5. The van der Waals surface area contributed by atoms with Crippen molar-refractivity contribution >= 4 is 18.5 Å². The van der Waals surface area contributed by atoms with Crippen LogP contribution in [0.4, 0.5) is 0 Å². The van der Waals surface area contributed by atoms with Gasteiger partial charge in [0.2, 0.25) is 0 Å². The first-order chi connectivity index (χ1) is 18.0. The number of nitrogens with zero attached hydrogens (tertiary/aromatic N) is 2. The largest absolute Gasteiger partial charge is 0.299 e. The average Bonchev–Trinajstić information content (AvgIpc) is 3.42. The molecule has 0 atom stereocenters. The smallest absolute Gasteiger partial charge is 0.144 e. The van der Waals surface area contributed by atoms with Gasteiger partial charge in [-0.15, -0.1) is 0 Å². The third-order valence-corrected chi connectivity index (χ3v) is 9.41. The fourth-order valence-corrected chi connectivity index (χ4v) is 7.32. The maximum absolute atomic E-state index is 4.87. The molecular formula is C34H35N2P. The quantitative estimate of drug-likeness (QED) is 0.195. The topological polar surface area (TPSA) is 17.8 Å². The summed E-state index contributed by atoms with van der Waals surface area (Å²) in [7, 11) is -0.503. The zero-order valence-electron chi connectivity index (χ0n) is 22.2. The molecule has 186 valence electrons. The Labute approximate surface area is 222 Å². The van der Waals surface area contributed by atoms with Crippen molar-refractivity contribution in [3.63, 3.8) is 0 Å². The van der Waals surface area contributed by atoms with Gasteiger partial charge in [-0.3, -0.25) is 4.57 Å². The molecule has 1 heterocycles. The lowest BCUT2D eigenvalue weighted by atomic mass is 9.92. The molecule has 0 amide bonds. The highest BCUT2D eigenvalue weighted by atomic mass is 31.1. The number of benzene rings is 4. The van der Waals surface area contributed by atoms with Crippen LogP contribution in [-0.2, 0) is 6.16 Å². The van der Waals surface area contributed by atoms with Gasteiger partial charge < -0.3 is 0 Å². The second-order valence-electron chi connectivity index (χ2n) is 10.2. The van der Waals surface area contributed by atoms with Crippen molar-refractivity contribution in [1.82, 2.24) is 9.55 Å². The molecule has 0 unspecified atom stereocenters. The minimum Gasteiger partial charge on any atom is -0.299 e. The summed E-state index contributed by atoms with van der Waals surface area (Å²) in [6.45, 7) is 9.09. The zero-order chi connectivity index (χ0) is 25.8. The Morgan fingerprint density at radius 3 is 1.81 bits per heavy atom. The maximum atomic E-state index is 4.87. The second kappa shape index (κ2) is 11.3. The second-order valence-corrected chi connectivity index (χ2v) is 12.4. The summed E-state index contributed by atoms with van der Waals surface area (Å²) in [5.74, 6) is 1.85. The third-order valence-electron chi connectivity index (χ3n) is 6.89. The molecule has 4 aromatic carbocycles. The fraction of sp³-hybridized carbons (Fsp3) is 0.206. The summed E-state index contributed by atoms with van der Waals surface area (Å²) in [6, 6.07) is 37.6. The van der Waals surface area contributed by atoms with Crippen molar-refractivity contribution in [2.45, 2.75) is 45.7 Å². The lowest BCUT2D eigenvalue weighted by Crippen LogP contribution is -2.13. The van der Waals surface area contributed by atoms with Crippen LogP contribution in [0.1, 0.15) is 56.2 Å². The predicted molar refractivity (Wildman–Crippen MR) is 160 cm³/mol. The van der Waals surface area contributed by atoms with Gasteiger partial charge in [0, 0.05) is 24.1 Å². The predicted octanol–water partition coefficient (Wildman–Crippen LogP) is 8.42. The molecule has 0 radical (unpaired) electrons. The minimum atomic E-state index is -0.503. The van der Waals surface area contributed by atoms with E-state index in [2.05, 4.69) is 142 Å². The highest BCUT2D eigenvalue weighted by molar-refractivity contribution is 7.72. The molecule has 5 rings (SSSR count). The van der Waals surface area contributed by atoms with E-state index in [9.17, 15) is 0 Å². The molecule has 0 spiro atoms. The summed E-state index contributed by atoms with van der Waals surface area (Å²) < 4.78 is 2.31. The summed E-state index contributed by atoms with van der Waals surface area (Å²) >= 11 is 0. The highest BCUT2D eigenvalue weighted by Crippen LogP contribution is 2.39. The van der Waals surface area contributed by atoms with Crippen LogP contribution in [0.5, 0.6) is 0 Å². The van der Waals surface area contributed by atoms with Crippen LogP contribution < -0.4 is 10.6 Å². The van der Waals surface area contributed by atoms with Gasteiger partial charge in [0.05, 0.1) is 5.69 Å². The van der Waals surface area contributed by atoms with Crippen molar-refractivity contribution in [3.8, 4) is 17.1 Å². The maximum Gasteiger partial charge on any atom is 0.144 e. The number of aromatic nitrogens is 2. The van der Waals surface area contributed by atoms with Crippen LogP contribution in [0.2, 0.25) is 0 Å². The van der Waals surface area contributed by atoms with Crippen molar-refractivity contribution in [2.75, 3.05) is 0 Å². The standard InChI is InChI=1S/C34H35N2P/c1-25(2)31-19-12-20-32(26(3)4)33(31)36-22-21-35-34(36)28-14-11-13-27(23-28)24-37(29-15-7-5-8-16-29)30-17-9-6-10-18-30/h5-23,25-26H,24H2,1-4H3. The fourth-order valence-electron chi connectivity index (χ4n) is 5.03. The van der Waals surface area contributed by atoms with E-state index in [-0.39, 0.29) is 0 Å². The first kappa shape index (κ1) is 25.2. The van der Waals surface area contributed by atoms with Crippen LogP contribution in [0.15, 0.2) is 116 Å². The van der Waals surface area contributed by atoms with Gasteiger partial charge >= 0.3 is 0 Å². The van der Waals surface area contributed by atoms with Crippen LogP contribution in [-0.4, -0.2) is 9.55 Å². The Bertz CT molecular complexity index is 1390. The van der Waals surface area contributed by atoms with Gasteiger partial charge in [0.1, 0.15) is 5.82 Å². The van der Waals surface area contributed by atoms with Gasteiger partial charge in [0.15, 0.2) is 0 Å². The molecule has 1 aromatic heterocycles. The van der Waals surface area contributed by atoms with Crippen molar-refractivity contribution in [1.29, 1.82) is 0 Å². The number of imidazole rings is 1. The van der Waals surface area contributed by atoms with Gasteiger partial charge in [-0.05, 0) is 53.1 Å². The van der Waals surface area contributed by atoms with E-state index in [1.54, 1.807) is 0 Å². The van der Waals surface area contributed by atoms with Crippen molar-refractivity contribution in [2.24, 2.45) is 0 Å². The van der Waals surface area contributed by atoms with E-state index in [1.165, 1.54) is 33.0 Å². The Hall–Kier alpha value is -3.48. The Morgan fingerprint density at radius 2 is 1.24 bits per heavy atom. The Balaban J connectivity index is 1.56. The molecule has 5 aromatic rings.